The Hall–Kier alpha value is -2.53. The molecule has 0 unspecified atom stereocenters. The summed E-state index contributed by atoms with van der Waals surface area (Å²) < 4.78 is 5.18. The molecule has 1 amide bonds. The summed E-state index contributed by atoms with van der Waals surface area (Å²) in [4.78, 5) is 17.7. The predicted molar refractivity (Wildman–Crippen MR) is 98.8 cm³/mol. The van der Waals surface area contributed by atoms with Gasteiger partial charge in [-0.15, -0.1) is 11.8 Å². The molecule has 3 aromatic rings. The first-order valence-corrected chi connectivity index (χ1v) is 8.57. The fourth-order valence-electron chi connectivity index (χ4n) is 2.43. The number of nitrogens with zero attached hydrogens (tertiary/aromatic N) is 1. The van der Waals surface area contributed by atoms with Crippen LogP contribution in [-0.4, -0.2) is 23.8 Å². The van der Waals surface area contributed by atoms with Gasteiger partial charge < -0.3 is 10.1 Å². The highest BCUT2D eigenvalue weighted by atomic mass is 32.2. The number of pyridine rings is 1. The zero-order chi connectivity index (χ0) is 16.9. The summed E-state index contributed by atoms with van der Waals surface area (Å²) in [5, 5.41) is 4.02. The monoisotopic (exact) mass is 338 g/mol. The molecule has 122 valence electrons. The van der Waals surface area contributed by atoms with E-state index >= 15 is 0 Å². The number of methoxy groups -OCH3 is 1. The maximum Gasteiger partial charge on any atom is 0.234 e. The molecule has 0 aliphatic rings. The van der Waals surface area contributed by atoms with Gasteiger partial charge >= 0.3 is 0 Å². The Morgan fingerprint density at radius 1 is 1.21 bits per heavy atom. The molecule has 0 aliphatic heterocycles. The minimum absolute atomic E-state index is 0.0406. The fraction of sp³-hybridized carbons (Fsp3) is 0.158. The Morgan fingerprint density at radius 3 is 2.83 bits per heavy atom. The summed E-state index contributed by atoms with van der Waals surface area (Å²) in [6.07, 6.45) is 1.77. The second-order valence-electron chi connectivity index (χ2n) is 5.35. The Kier molecular flexibility index (Phi) is 5.01. The van der Waals surface area contributed by atoms with Gasteiger partial charge in [0.15, 0.2) is 0 Å². The molecule has 0 spiro atoms. The minimum atomic E-state index is -0.0406. The first-order valence-electron chi connectivity index (χ1n) is 7.58. The van der Waals surface area contributed by atoms with Gasteiger partial charge in [-0.05, 0) is 42.8 Å². The number of anilines is 1. The van der Waals surface area contributed by atoms with Crippen molar-refractivity contribution in [2.24, 2.45) is 0 Å². The molecular formula is C19H18N2O2S. The van der Waals surface area contributed by atoms with Gasteiger partial charge in [-0.25, -0.2) is 0 Å². The summed E-state index contributed by atoms with van der Waals surface area (Å²) in [5.74, 6) is 1.07. The number of rotatable bonds is 5. The maximum atomic E-state index is 12.2. The lowest BCUT2D eigenvalue weighted by Gasteiger charge is -2.10. The van der Waals surface area contributed by atoms with Crippen molar-refractivity contribution in [3.8, 4) is 5.75 Å². The molecule has 0 fully saturated rings. The van der Waals surface area contributed by atoms with Crippen LogP contribution in [0, 0.1) is 6.92 Å². The molecular weight excluding hydrogens is 320 g/mol. The molecule has 5 heteroatoms. The molecule has 0 atom stereocenters. The number of fused-ring (bicyclic) bond motifs is 1. The van der Waals surface area contributed by atoms with Gasteiger partial charge in [0.25, 0.3) is 0 Å². The molecule has 0 radical (unpaired) electrons. The van der Waals surface area contributed by atoms with Crippen LogP contribution in [0.25, 0.3) is 10.9 Å². The van der Waals surface area contributed by atoms with Crippen LogP contribution in [-0.2, 0) is 4.79 Å². The molecule has 2 aromatic carbocycles. The van der Waals surface area contributed by atoms with Crippen LogP contribution in [0.5, 0.6) is 5.75 Å². The van der Waals surface area contributed by atoms with Crippen LogP contribution in [0.4, 0.5) is 5.69 Å². The number of thioether (sulfide) groups is 1. The van der Waals surface area contributed by atoms with Crippen LogP contribution in [0.2, 0.25) is 0 Å². The Balaban J connectivity index is 1.67. The van der Waals surface area contributed by atoms with Crippen molar-refractivity contribution in [2.75, 3.05) is 18.2 Å². The smallest absolute Gasteiger partial charge is 0.234 e. The van der Waals surface area contributed by atoms with Crippen molar-refractivity contribution in [3.63, 3.8) is 0 Å². The second-order valence-corrected chi connectivity index (χ2v) is 6.37. The Morgan fingerprint density at radius 2 is 2.04 bits per heavy atom. The van der Waals surface area contributed by atoms with E-state index in [0.29, 0.717) is 5.75 Å². The van der Waals surface area contributed by atoms with E-state index in [0.717, 1.165) is 32.8 Å². The van der Waals surface area contributed by atoms with Crippen LogP contribution >= 0.6 is 11.8 Å². The minimum Gasteiger partial charge on any atom is -0.497 e. The molecule has 24 heavy (non-hydrogen) atoms. The summed E-state index contributed by atoms with van der Waals surface area (Å²) in [6.45, 7) is 1.94. The van der Waals surface area contributed by atoms with E-state index in [1.807, 2.05) is 55.5 Å². The van der Waals surface area contributed by atoms with Crippen molar-refractivity contribution >= 4 is 34.3 Å². The number of hydrogen-bond acceptors (Lipinski definition) is 4. The van der Waals surface area contributed by atoms with Crippen molar-refractivity contribution in [3.05, 3.63) is 60.3 Å². The third-order valence-corrected chi connectivity index (χ3v) is 4.71. The van der Waals surface area contributed by atoms with Gasteiger partial charge in [-0.3, -0.25) is 9.78 Å². The van der Waals surface area contributed by atoms with E-state index in [1.165, 1.54) is 11.8 Å². The Bertz CT molecular complexity index is 875. The number of amides is 1. The summed E-state index contributed by atoms with van der Waals surface area (Å²) in [5.41, 5.74) is 2.70. The molecule has 1 aromatic heterocycles. The highest BCUT2D eigenvalue weighted by Crippen LogP contribution is 2.26. The fourth-order valence-corrected chi connectivity index (χ4v) is 3.27. The lowest BCUT2D eigenvalue weighted by molar-refractivity contribution is -0.113. The molecule has 0 bridgehead atoms. The van der Waals surface area contributed by atoms with Gasteiger partial charge in [0.05, 0.1) is 18.4 Å². The zero-order valence-corrected chi connectivity index (χ0v) is 14.4. The van der Waals surface area contributed by atoms with E-state index in [-0.39, 0.29) is 5.91 Å². The summed E-state index contributed by atoms with van der Waals surface area (Å²) in [7, 11) is 1.63. The average Bonchev–Trinajstić information content (AvgIpc) is 2.61. The quantitative estimate of drug-likeness (QED) is 0.705. The van der Waals surface area contributed by atoms with Gasteiger partial charge in [0.1, 0.15) is 5.75 Å². The van der Waals surface area contributed by atoms with Crippen LogP contribution in [0.15, 0.2) is 59.6 Å². The zero-order valence-electron chi connectivity index (χ0n) is 13.6. The highest BCUT2D eigenvalue weighted by molar-refractivity contribution is 8.00. The standard InChI is InChI=1S/C19H18N2O2S/c1-13-11-15(23-2)8-9-16(13)21-18(22)12-24-17-7-3-5-14-6-4-10-20-19(14)17/h3-11H,12H2,1-2H3,(H,21,22). The molecule has 1 N–H and O–H groups in total. The maximum absolute atomic E-state index is 12.2. The lowest BCUT2D eigenvalue weighted by atomic mass is 10.2. The molecule has 1 heterocycles. The summed E-state index contributed by atoms with van der Waals surface area (Å²) in [6, 6.07) is 15.5. The van der Waals surface area contributed by atoms with Crippen molar-refractivity contribution in [2.45, 2.75) is 11.8 Å². The van der Waals surface area contributed by atoms with Crippen LogP contribution in [0.3, 0.4) is 0 Å². The second kappa shape index (κ2) is 7.36. The number of para-hydroxylation sites is 1. The van der Waals surface area contributed by atoms with E-state index < -0.39 is 0 Å². The summed E-state index contributed by atoms with van der Waals surface area (Å²) >= 11 is 1.49. The van der Waals surface area contributed by atoms with E-state index in [4.69, 9.17) is 4.74 Å². The number of nitrogens with one attached hydrogen (secondary N) is 1. The number of hydrogen-bond donors (Lipinski definition) is 1. The van der Waals surface area contributed by atoms with Crippen molar-refractivity contribution in [1.82, 2.24) is 4.98 Å². The predicted octanol–water partition coefficient (Wildman–Crippen LogP) is 4.28. The third kappa shape index (κ3) is 3.68. The molecule has 0 aliphatic carbocycles. The van der Waals surface area contributed by atoms with E-state index in [2.05, 4.69) is 10.3 Å². The first-order chi connectivity index (χ1) is 11.7. The molecule has 0 saturated carbocycles. The Labute approximate surface area is 145 Å². The van der Waals surface area contributed by atoms with Gasteiger partial charge in [0, 0.05) is 22.2 Å². The number of carbonyl (C=O) groups is 1. The first kappa shape index (κ1) is 16.3. The number of ether oxygens (including phenoxy) is 1. The van der Waals surface area contributed by atoms with Crippen molar-refractivity contribution in [1.29, 1.82) is 0 Å². The van der Waals surface area contributed by atoms with E-state index in [1.54, 1.807) is 13.3 Å². The topological polar surface area (TPSA) is 51.2 Å². The lowest BCUT2D eigenvalue weighted by Crippen LogP contribution is -2.14. The van der Waals surface area contributed by atoms with E-state index in [9.17, 15) is 4.79 Å². The number of carbonyl (C=O) groups excluding carboxylic acids is 1. The van der Waals surface area contributed by atoms with Gasteiger partial charge in [-0.1, -0.05) is 18.2 Å². The molecule has 0 saturated heterocycles. The SMILES string of the molecule is COc1ccc(NC(=O)CSc2cccc3cccnc23)c(C)c1. The average molecular weight is 338 g/mol. The molecule has 4 nitrogen and oxygen atoms in total. The molecule has 3 rings (SSSR count). The van der Waals surface area contributed by atoms with Gasteiger partial charge in [0.2, 0.25) is 5.91 Å². The van der Waals surface area contributed by atoms with Crippen LogP contribution in [0.1, 0.15) is 5.56 Å². The normalized spacial score (nSPS) is 10.6. The number of benzene rings is 2. The highest BCUT2D eigenvalue weighted by Gasteiger charge is 2.08. The number of aryl methyl sites for hydroxylation is 1. The van der Waals surface area contributed by atoms with Gasteiger partial charge in [-0.2, -0.15) is 0 Å². The number of aromatic nitrogens is 1. The van der Waals surface area contributed by atoms with Crippen molar-refractivity contribution < 1.29 is 9.53 Å². The van der Waals surface area contributed by atoms with Crippen LogP contribution < -0.4 is 10.1 Å². The third-order valence-electron chi connectivity index (χ3n) is 3.66. The largest absolute Gasteiger partial charge is 0.497 e.